The molecule has 1 saturated heterocycles. The Bertz CT molecular complexity index is 1290. The first kappa shape index (κ1) is 27.3. The van der Waals surface area contributed by atoms with E-state index in [4.69, 9.17) is 23.7 Å². The molecule has 0 bridgehead atoms. The molecule has 3 rings (SSSR count). The van der Waals surface area contributed by atoms with Crippen LogP contribution >= 0.6 is 0 Å². The molecule has 14 nitrogen and oxygen atoms in total. The Kier molecular flexibility index (Phi) is 8.55. The average Bonchev–Trinajstić information content (AvgIpc) is 2.80. The lowest BCUT2D eigenvalue weighted by atomic mass is 9.96. The quantitative estimate of drug-likeness (QED) is 0.378. The van der Waals surface area contributed by atoms with Crippen molar-refractivity contribution in [2.75, 3.05) is 6.61 Å². The molecule has 0 unspecified atom stereocenters. The van der Waals surface area contributed by atoms with E-state index >= 15 is 0 Å². The van der Waals surface area contributed by atoms with E-state index in [9.17, 15) is 28.8 Å². The fourth-order valence-electron chi connectivity index (χ4n) is 3.87. The molecule has 0 saturated carbocycles. The van der Waals surface area contributed by atoms with Gasteiger partial charge in [-0.25, -0.2) is 14.2 Å². The summed E-state index contributed by atoms with van der Waals surface area (Å²) < 4.78 is 28.1. The second-order valence-corrected chi connectivity index (χ2v) is 8.00. The van der Waals surface area contributed by atoms with Crippen molar-refractivity contribution in [1.29, 1.82) is 0 Å². The monoisotopic (exact) mass is 519 g/mol. The summed E-state index contributed by atoms with van der Waals surface area (Å²) in [7, 11) is 0. The largest absolute Gasteiger partial charge is 0.463 e. The van der Waals surface area contributed by atoms with E-state index in [1.165, 1.54) is 0 Å². The number of carbonyl (C=O) groups is 4. The predicted molar refractivity (Wildman–Crippen MR) is 122 cm³/mol. The highest BCUT2D eigenvalue weighted by atomic mass is 16.7. The minimum Gasteiger partial charge on any atom is -0.463 e. The van der Waals surface area contributed by atoms with Gasteiger partial charge >= 0.3 is 35.3 Å². The zero-order chi connectivity index (χ0) is 27.3. The van der Waals surface area contributed by atoms with Crippen molar-refractivity contribution in [3.8, 4) is 11.4 Å². The minimum atomic E-state index is -1.58. The van der Waals surface area contributed by atoms with Crippen LogP contribution in [0.15, 0.2) is 39.9 Å². The molecule has 0 amide bonds. The maximum Gasteiger partial charge on any atom is 0.351 e. The number of H-pyrrole nitrogens is 1. The van der Waals surface area contributed by atoms with Crippen LogP contribution in [0.3, 0.4) is 0 Å². The van der Waals surface area contributed by atoms with Gasteiger partial charge in [0.2, 0.25) is 0 Å². The molecule has 2 heterocycles. The van der Waals surface area contributed by atoms with Gasteiger partial charge in [-0.1, -0.05) is 30.3 Å². The van der Waals surface area contributed by atoms with Crippen molar-refractivity contribution in [3.05, 3.63) is 51.3 Å². The van der Waals surface area contributed by atoms with Gasteiger partial charge in [-0.15, -0.1) is 0 Å². The maximum atomic E-state index is 13.1. The number of esters is 4. The fourth-order valence-corrected chi connectivity index (χ4v) is 3.87. The number of carbonyl (C=O) groups excluding carboxylic acids is 4. The summed E-state index contributed by atoms with van der Waals surface area (Å²) in [5.41, 5.74) is -1.61. The molecule has 14 heteroatoms. The van der Waals surface area contributed by atoms with Gasteiger partial charge in [-0.3, -0.25) is 24.2 Å². The topological polar surface area (TPSA) is 182 Å². The van der Waals surface area contributed by atoms with Crippen LogP contribution in [0.25, 0.3) is 11.4 Å². The van der Waals surface area contributed by atoms with Crippen molar-refractivity contribution in [2.24, 2.45) is 0 Å². The lowest BCUT2D eigenvalue weighted by Gasteiger charge is -2.44. The van der Waals surface area contributed by atoms with Crippen molar-refractivity contribution in [1.82, 2.24) is 14.5 Å². The first-order valence-corrected chi connectivity index (χ1v) is 11.1. The Hall–Kier alpha value is -4.33. The second-order valence-electron chi connectivity index (χ2n) is 8.00. The van der Waals surface area contributed by atoms with Crippen LogP contribution in [-0.2, 0) is 42.9 Å². The van der Waals surface area contributed by atoms with E-state index < -0.39 is 72.5 Å². The highest BCUT2D eigenvalue weighted by Gasteiger charge is 2.53. The van der Waals surface area contributed by atoms with Crippen LogP contribution in [0.4, 0.5) is 0 Å². The van der Waals surface area contributed by atoms with Crippen molar-refractivity contribution in [2.45, 2.75) is 58.3 Å². The summed E-state index contributed by atoms with van der Waals surface area (Å²) in [6.45, 7) is 3.88. The Morgan fingerprint density at radius 1 is 0.865 bits per heavy atom. The Labute approximate surface area is 209 Å². The lowest BCUT2D eigenvalue weighted by molar-refractivity contribution is -0.269. The fraction of sp³-hybridized carbons (Fsp3) is 0.435. The second kappa shape index (κ2) is 11.6. The first-order valence-electron chi connectivity index (χ1n) is 11.1. The lowest BCUT2D eigenvalue weighted by Crippen LogP contribution is -2.61. The van der Waals surface area contributed by atoms with Gasteiger partial charge in [-0.05, 0) is 0 Å². The summed E-state index contributed by atoms with van der Waals surface area (Å²) in [5, 5.41) is 0. The van der Waals surface area contributed by atoms with Crippen molar-refractivity contribution in [3.63, 3.8) is 0 Å². The van der Waals surface area contributed by atoms with E-state index in [2.05, 4.69) is 4.98 Å². The molecule has 0 spiro atoms. The molecule has 5 atom stereocenters. The molecule has 2 aromatic rings. The molecule has 1 fully saturated rings. The Balaban J connectivity index is 2.26. The molecule has 0 aliphatic carbocycles. The number of hydrogen-bond acceptors (Lipinski definition) is 12. The van der Waals surface area contributed by atoms with E-state index in [0.29, 0.717) is 5.56 Å². The molecule has 1 aliphatic heterocycles. The van der Waals surface area contributed by atoms with Gasteiger partial charge in [-0.2, -0.15) is 4.98 Å². The summed E-state index contributed by atoms with van der Waals surface area (Å²) in [6.07, 6.45) is -7.35. The molecule has 198 valence electrons. The van der Waals surface area contributed by atoms with Crippen LogP contribution in [0.2, 0.25) is 0 Å². The predicted octanol–water partition coefficient (Wildman–Crippen LogP) is -0.146. The Morgan fingerprint density at radius 3 is 2.00 bits per heavy atom. The maximum absolute atomic E-state index is 13.1. The summed E-state index contributed by atoms with van der Waals surface area (Å²) in [6, 6.07) is 8.12. The molecule has 0 radical (unpaired) electrons. The number of ether oxygens (including phenoxy) is 5. The third-order valence-corrected chi connectivity index (χ3v) is 5.12. The Morgan fingerprint density at radius 2 is 1.43 bits per heavy atom. The average molecular weight is 519 g/mol. The zero-order valence-electron chi connectivity index (χ0n) is 20.4. The molecule has 1 aromatic carbocycles. The third kappa shape index (κ3) is 6.67. The van der Waals surface area contributed by atoms with Gasteiger partial charge in [0.15, 0.2) is 30.4 Å². The van der Waals surface area contributed by atoms with Crippen molar-refractivity contribution >= 4 is 23.9 Å². The standard InChI is InChI=1S/C23H25N3O11/c1-11(27)33-10-16-17(34-12(2)28)18(35-13(3)29)19(36-14(4)30)21(37-16)26-20(15-8-6-5-7-9-15)24-22(31)25-23(26)32/h5-9,16-19,21H,10H2,1-4H3,(H,25,31,32)/t16-,17-,18+,19-,21-/m1/s1. The molecule has 1 aliphatic rings. The summed E-state index contributed by atoms with van der Waals surface area (Å²) >= 11 is 0. The van der Waals surface area contributed by atoms with Crippen LogP contribution in [0.5, 0.6) is 0 Å². The molecular formula is C23H25N3O11. The van der Waals surface area contributed by atoms with E-state index in [-0.39, 0.29) is 5.82 Å². The molecule has 37 heavy (non-hydrogen) atoms. The normalized spacial score (nSPS) is 23.0. The van der Waals surface area contributed by atoms with Gasteiger partial charge < -0.3 is 23.7 Å². The van der Waals surface area contributed by atoms with Crippen LogP contribution in [-0.4, -0.2) is 69.4 Å². The number of hydrogen-bond donors (Lipinski definition) is 1. The van der Waals surface area contributed by atoms with Crippen LogP contribution in [0.1, 0.15) is 33.9 Å². The number of nitrogens with one attached hydrogen (secondary N) is 1. The third-order valence-electron chi connectivity index (χ3n) is 5.12. The van der Waals surface area contributed by atoms with Gasteiger partial charge in [0.1, 0.15) is 12.7 Å². The first-order chi connectivity index (χ1) is 17.5. The van der Waals surface area contributed by atoms with Gasteiger partial charge in [0.05, 0.1) is 0 Å². The summed E-state index contributed by atoms with van der Waals surface area (Å²) in [4.78, 5) is 78.7. The number of aromatic amines is 1. The van der Waals surface area contributed by atoms with E-state index in [0.717, 1.165) is 32.3 Å². The van der Waals surface area contributed by atoms with E-state index in [1.54, 1.807) is 30.3 Å². The smallest absolute Gasteiger partial charge is 0.351 e. The number of benzene rings is 1. The minimum absolute atomic E-state index is 0.157. The van der Waals surface area contributed by atoms with Gasteiger partial charge in [0.25, 0.3) is 0 Å². The molecular weight excluding hydrogens is 494 g/mol. The highest BCUT2D eigenvalue weighted by Crippen LogP contribution is 2.35. The summed E-state index contributed by atoms with van der Waals surface area (Å²) in [5.74, 6) is -3.33. The SMILES string of the molecule is CC(=O)OC[C@H]1O[C@@H](n2c(-c3ccccc3)nc(=O)[nH]c2=O)[C@H](OC(C)=O)[C@@H](OC(C)=O)[C@@H]1OC(C)=O. The highest BCUT2D eigenvalue weighted by molar-refractivity contribution is 5.68. The molecule has 1 aromatic heterocycles. The number of nitrogens with zero attached hydrogens (tertiary/aromatic N) is 2. The molecule has 1 N–H and O–H groups in total. The van der Waals surface area contributed by atoms with Crippen molar-refractivity contribution < 1.29 is 42.9 Å². The number of aromatic nitrogens is 3. The van der Waals surface area contributed by atoms with Gasteiger partial charge in [0, 0.05) is 33.3 Å². The van der Waals surface area contributed by atoms with Crippen LogP contribution < -0.4 is 11.4 Å². The van der Waals surface area contributed by atoms with E-state index in [1.807, 2.05) is 4.98 Å². The van der Waals surface area contributed by atoms with Crippen LogP contribution in [0, 0.1) is 0 Å². The number of rotatable bonds is 7. The zero-order valence-corrected chi connectivity index (χ0v) is 20.4.